The molecule has 6 heteroatoms. The molecule has 0 unspecified atom stereocenters. The number of amides is 1. The van der Waals surface area contributed by atoms with Gasteiger partial charge in [0.05, 0.1) is 5.56 Å². The van der Waals surface area contributed by atoms with Gasteiger partial charge in [-0.25, -0.2) is 9.78 Å². The number of aromatic carboxylic acids is 1. The molecule has 0 radical (unpaired) electrons. The van der Waals surface area contributed by atoms with Gasteiger partial charge in [-0.05, 0) is 56.0 Å². The quantitative estimate of drug-likeness (QED) is 0.880. The summed E-state index contributed by atoms with van der Waals surface area (Å²) >= 11 is 0. The average Bonchev–Trinajstić information content (AvgIpc) is 2.51. The molecular formula is C18H18N2O4. The van der Waals surface area contributed by atoms with Crippen molar-refractivity contribution >= 4 is 17.6 Å². The van der Waals surface area contributed by atoms with Gasteiger partial charge in [0.15, 0.2) is 0 Å². The maximum Gasteiger partial charge on any atom is 0.335 e. The van der Waals surface area contributed by atoms with Gasteiger partial charge in [0.25, 0.3) is 5.91 Å². The molecule has 124 valence electrons. The van der Waals surface area contributed by atoms with Crippen LogP contribution in [0.5, 0.6) is 5.88 Å². The normalized spacial score (nSPS) is 13.9. The number of carboxylic acid groups (broad SMARTS) is 1. The van der Waals surface area contributed by atoms with Crippen molar-refractivity contribution in [1.29, 1.82) is 0 Å². The number of nitrogens with zero attached hydrogens (tertiary/aromatic N) is 1. The Hall–Kier alpha value is -2.89. The highest BCUT2D eigenvalue weighted by atomic mass is 16.5. The Bertz CT molecular complexity index is 784. The Kier molecular flexibility index (Phi) is 4.46. The fourth-order valence-corrected chi connectivity index (χ4v) is 2.46. The summed E-state index contributed by atoms with van der Waals surface area (Å²) in [6, 6.07) is 7.91. The standard InChI is InChI=1S/C18H18N2O4/c1-11-9-13(5-6-15(11)18(22)23)20-17(21)12-7-8-19-16(10-12)24-14-3-2-4-14/h5-10,14H,2-4H2,1H3,(H,20,21)(H,22,23). The lowest BCUT2D eigenvalue weighted by Crippen LogP contribution is -2.25. The first kappa shape index (κ1) is 16.0. The maximum atomic E-state index is 12.4. The highest BCUT2D eigenvalue weighted by Gasteiger charge is 2.20. The number of pyridine rings is 1. The van der Waals surface area contributed by atoms with E-state index in [4.69, 9.17) is 9.84 Å². The topological polar surface area (TPSA) is 88.5 Å². The van der Waals surface area contributed by atoms with E-state index in [1.165, 1.54) is 6.07 Å². The third kappa shape index (κ3) is 3.53. The number of benzene rings is 1. The van der Waals surface area contributed by atoms with Crippen LogP contribution in [0.25, 0.3) is 0 Å². The van der Waals surface area contributed by atoms with Crippen LogP contribution in [0, 0.1) is 6.92 Å². The third-order valence-electron chi connectivity index (χ3n) is 4.05. The third-order valence-corrected chi connectivity index (χ3v) is 4.05. The smallest absolute Gasteiger partial charge is 0.335 e. The molecular weight excluding hydrogens is 308 g/mol. The second-order valence-corrected chi connectivity index (χ2v) is 5.84. The van der Waals surface area contributed by atoms with E-state index in [0.717, 1.165) is 19.3 Å². The number of aryl methyl sites for hydroxylation is 1. The number of ether oxygens (including phenoxy) is 1. The molecule has 2 aromatic rings. The highest BCUT2D eigenvalue weighted by Crippen LogP contribution is 2.24. The zero-order valence-electron chi connectivity index (χ0n) is 13.3. The van der Waals surface area contributed by atoms with E-state index < -0.39 is 5.97 Å². The molecule has 3 rings (SSSR count). The van der Waals surface area contributed by atoms with Crippen LogP contribution in [-0.2, 0) is 0 Å². The Morgan fingerprint density at radius 2 is 2.04 bits per heavy atom. The number of carboxylic acids is 1. The second kappa shape index (κ2) is 6.70. The molecule has 0 spiro atoms. The lowest BCUT2D eigenvalue weighted by atomic mass is 9.96. The van der Waals surface area contributed by atoms with Gasteiger partial charge in [-0.15, -0.1) is 0 Å². The van der Waals surface area contributed by atoms with Gasteiger partial charge in [-0.2, -0.15) is 0 Å². The first-order valence-electron chi connectivity index (χ1n) is 7.81. The second-order valence-electron chi connectivity index (χ2n) is 5.84. The van der Waals surface area contributed by atoms with Crippen LogP contribution in [0.4, 0.5) is 5.69 Å². The Morgan fingerprint density at radius 1 is 1.25 bits per heavy atom. The molecule has 24 heavy (non-hydrogen) atoms. The van der Waals surface area contributed by atoms with E-state index in [1.54, 1.807) is 37.4 Å². The van der Waals surface area contributed by atoms with E-state index in [1.807, 2.05) is 0 Å². The summed E-state index contributed by atoms with van der Waals surface area (Å²) in [7, 11) is 0. The first-order valence-corrected chi connectivity index (χ1v) is 7.81. The Balaban J connectivity index is 1.71. The van der Waals surface area contributed by atoms with Gasteiger partial charge in [-0.1, -0.05) is 0 Å². The maximum absolute atomic E-state index is 12.4. The van der Waals surface area contributed by atoms with E-state index >= 15 is 0 Å². The molecule has 1 heterocycles. The lowest BCUT2D eigenvalue weighted by molar-refractivity contribution is 0.0696. The van der Waals surface area contributed by atoms with E-state index in [2.05, 4.69) is 10.3 Å². The number of hydrogen-bond donors (Lipinski definition) is 2. The summed E-state index contributed by atoms with van der Waals surface area (Å²) in [6.07, 6.45) is 4.95. The van der Waals surface area contributed by atoms with Crippen molar-refractivity contribution in [2.24, 2.45) is 0 Å². The predicted octanol–water partition coefficient (Wildman–Crippen LogP) is 3.27. The predicted molar refractivity (Wildman–Crippen MR) is 88.6 cm³/mol. The van der Waals surface area contributed by atoms with Crippen molar-refractivity contribution in [3.63, 3.8) is 0 Å². The van der Waals surface area contributed by atoms with Crippen LogP contribution in [0.15, 0.2) is 36.5 Å². The number of aromatic nitrogens is 1. The van der Waals surface area contributed by atoms with Gasteiger partial charge in [0, 0.05) is 23.5 Å². The largest absolute Gasteiger partial charge is 0.478 e. The number of anilines is 1. The van der Waals surface area contributed by atoms with Crippen molar-refractivity contribution in [3.05, 3.63) is 53.2 Å². The number of carbonyl (C=O) groups excluding carboxylic acids is 1. The van der Waals surface area contributed by atoms with Gasteiger partial charge >= 0.3 is 5.97 Å². The first-order chi connectivity index (χ1) is 11.5. The molecule has 0 bridgehead atoms. The summed E-state index contributed by atoms with van der Waals surface area (Å²) in [5, 5.41) is 11.8. The summed E-state index contributed by atoms with van der Waals surface area (Å²) in [5.74, 6) is -0.833. The molecule has 2 N–H and O–H groups in total. The molecule has 1 saturated carbocycles. The summed E-state index contributed by atoms with van der Waals surface area (Å²) in [4.78, 5) is 27.5. The van der Waals surface area contributed by atoms with E-state index in [-0.39, 0.29) is 17.6 Å². The van der Waals surface area contributed by atoms with Crippen molar-refractivity contribution in [2.75, 3.05) is 5.32 Å². The zero-order valence-corrected chi connectivity index (χ0v) is 13.3. The average molecular weight is 326 g/mol. The van der Waals surface area contributed by atoms with Crippen LogP contribution in [0.1, 0.15) is 45.5 Å². The molecule has 1 aliphatic rings. The van der Waals surface area contributed by atoms with Crippen LogP contribution < -0.4 is 10.1 Å². The molecule has 6 nitrogen and oxygen atoms in total. The number of carbonyl (C=O) groups is 2. The van der Waals surface area contributed by atoms with Gasteiger partial charge < -0.3 is 15.2 Å². The van der Waals surface area contributed by atoms with Crippen LogP contribution in [-0.4, -0.2) is 28.1 Å². The Morgan fingerprint density at radius 3 is 2.67 bits per heavy atom. The minimum atomic E-state index is -0.989. The van der Waals surface area contributed by atoms with Crippen molar-refractivity contribution in [2.45, 2.75) is 32.3 Å². The van der Waals surface area contributed by atoms with Crippen molar-refractivity contribution in [1.82, 2.24) is 4.98 Å². The summed E-state index contributed by atoms with van der Waals surface area (Å²) in [5.41, 5.74) is 1.79. The van der Waals surface area contributed by atoms with Gasteiger partial charge in [-0.3, -0.25) is 4.79 Å². The fourth-order valence-electron chi connectivity index (χ4n) is 2.46. The SMILES string of the molecule is Cc1cc(NC(=O)c2ccnc(OC3CCC3)c2)ccc1C(=O)O. The zero-order chi connectivity index (χ0) is 17.1. The highest BCUT2D eigenvalue weighted by molar-refractivity contribution is 6.04. The summed E-state index contributed by atoms with van der Waals surface area (Å²) in [6.45, 7) is 1.69. The van der Waals surface area contributed by atoms with Crippen molar-refractivity contribution in [3.8, 4) is 5.88 Å². The number of rotatable bonds is 5. The molecule has 0 atom stereocenters. The van der Waals surface area contributed by atoms with Crippen LogP contribution >= 0.6 is 0 Å². The molecule has 1 aromatic heterocycles. The van der Waals surface area contributed by atoms with Crippen LogP contribution in [0.2, 0.25) is 0 Å². The van der Waals surface area contributed by atoms with Crippen molar-refractivity contribution < 1.29 is 19.4 Å². The number of hydrogen-bond acceptors (Lipinski definition) is 4. The minimum absolute atomic E-state index is 0.196. The Labute approximate surface area is 139 Å². The molecule has 1 fully saturated rings. The fraction of sp³-hybridized carbons (Fsp3) is 0.278. The lowest BCUT2D eigenvalue weighted by Gasteiger charge is -2.25. The molecule has 1 amide bonds. The molecule has 0 saturated heterocycles. The summed E-state index contributed by atoms with van der Waals surface area (Å²) < 4.78 is 5.70. The monoisotopic (exact) mass is 326 g/mol. The van der Waals surface area contributed by atoms with Crippen LogP contribution in [0.3, 0.4) is 0 Å². The van der Waals surface area contributed by atoms with E-state index in [9.17, 15) is 9.59 Å². The molecule has 1 aromatic carbocycles. The molecule has 0 aliphatic heterocycles. The number of nitrogens with one attached hydrogen (secondary N) is 1. The molecule has 1 aliphatic carbocycles. The van der Waals surface area contributed by atoms with Gasteiger partial charge in [0.1, 0.15) is 6.10 Å². The van der Waals surface area contributed by atoms with Gasteiger partial charge in [0.2, 0.25) is 5.88 Å². The van der Waals surface area contributed by atoms with E-state index in [0.29, 0.717) is 22.7 Å². The minimum Gasteiger partial charge on any atom is -0.478 e.